The van der Waals surface area contributed by atoms with Gasteiger partial charge in [0.05, 0.1) is 6.10 Å². The Hall–Kier alpha value is -0.380. The third kappa shape index (κ3) is 3.30. The first-order valence-electron chi connectivity index (χ1n) is 5.66. The smallest absolute Gasteiger partial charge is 0.0980 e. The van der Waals surface area contributed by atoms with E-state index < -0.39 is 0 Å². The lowest BCUT2D eigenvalue weighted by molar-refractivity contribution is 0.0349. The van der Waals surface area contributed by atoms with Gasteiger partial charge in [0.15, 0.2) is 0 Å². The van der Waals surface area contributed by atoms with Crippen molar-refractivity contribution in [2.75, 3.05) is 6.61 Å². The third-order valence-electron chi connectivity index (χ3n) is 2.87. The van der Waals surface area contributed by atoms with Crippen LogP contribution in [0.4, 0.5) is 0 Å². The normalized spacial score (nSPS) is 20.1. The summed E-state index contributed by atoms with van der Waals surface area (Å²) in [6.45, 7) is 2.87. The molecule has 1 fully saturated rings. The van der Waals surface area contributed by atoms with Crippen LogP contribution in [0, 0.1) is 5.92 Å². The molecule has 2 rings (SSSR count). The van der Waals surface area contributed by atoms with Gasteiger partial charge in [-0.2, -0.15) is 11.3 Å². The van der Waals surface area contributed by atoms with Gasteiger partial charge in [0.1, 0.15) is 0 Å². The van der Waals surface area contributed by atoms with E-state index in [4.69, 9.17) is 10.5 Å². The van der Waals surface area contributed by atoms with Gasteiger partial charge in [0, 0.05) is 12.6 Å². The molecule has 1 heterocycles. The van der Waals surface area contributed by atoms with Gasteiger partial charge in [0.25, 0.3) is 0 Å². The van der Waals surface area contributed by atoms with Gasteiger partial charge in [-0.15, -0.1) is 0 Å². The second-order valence-corrected chi connectivity index (χ2v) is 5.22. The average Bonchev–Trinajstić information content (AvgIpc) is 2.86. The summed E-state index contributed by atoms with van der Waals surface area (Å²) in [5, 5.41) is 4.21. The zero-order chi connectivity index (χ0) is 10.7. The Morgan fingerprint density at radius 2 is 2.40 bits per heavy atom. The molecule has 0 amide bonds. The molecule has 1 aliphatic rings. The summed E-state index contributed by atoms with van der Waals surface area (Å²) in [6.07, 6.45) is 4.07. The van der Waals surface area contributed by atoms with Crippen molar-refractivity contribution in [2.45, 2.75) is 38.3 Å². The molecule has 1 aromatic heterocycles. The highest BCUT2D eigenvalue weighted by atomic mass is 32.1. The Bertz CT molecular complexity index is 280. The van der Waals surface area contributed by atoms with Crippen molar-refractivity contribution >= 4 is 11.3 Å². The monoisotopic (exact) mass is 225 g/mol. The molecule has 1 aromatic rings. The third-order valence-corrected chi connectivity index (χ3v) is 3.57. The fraction of sp³-hybridized carbons (Fsp3) is 0.667. The first kappa shape index (κ1) is 11.1. The second kappa shape index (κ2) is 5.10. The molecule has 1 saturated carbocycles. The van der Waals surface area contributed by atoms with Crippen molar-refractivity contribution in [1.29, 1.82) is 0 Å². The minimum Gasteiger partial charge on any atom is -0.372 e. The van der Waals surface area contributed by atoms with Crippen molar-refractivity contribution in [2.24, 2.45) is 11.7 Å². The van der Waals surface area contributed by atoms with Crippen LogP contribution >= 0.6 is 11.3 Å². The van der Waals surface area contributed by atoms with Gasteiger partial charge < -0.3 is 10.5 Å². The van der Waals surface area contributed by atoms with Gasteiger partial charge in [-0.3, -0.25) is 0 Å². The van der Waals surface area contributed by atoms with E-state index in [2.05, 4.69) is 16.8 Å². The summed E-state index contributed by atoms with van der Waals surface area (Å²) in [5.74, 6) is 0.932. The van der Waals surface area contributed by atoms with Crippen molar-refractivity contribution in [3.63, 3.8) is 0 Å². The Morgan fingerprint density at radius 3 is 2.93 bits per heavy atom. The zero-order valence-corrected chi connectivity index (χ0v) is 10.0. The van der Waals surface area contributed by atoms with Crippen molar-refractivity contribution in [3.8, 4) is 0 Å². The predicted octanol–water partition coefficient (Wildman–Crippen LogP) is 2.95. The Kier molecular flexibility index (Phi) is 3.78. The quantitative estimate of drug-likeness (QED) is 0.808. The van der Waals surface area contributed by atoms with E-state index in [1.807, 2.05) is 6.92 Å². The van der Waals surface area contributed by atoms with Crippen LogP contribution in [0.2, 0.25) is 0 Å². The summed E-state index contributed by atoms with van der Waals surface area (Å²) in [5.41, 5.74) is 7.17. The highest BCUT2D eigenvalue weighted by Crippen LogP contribution is 2.33. The lowest BCUT2D eigenvalue weighted by Crippen LogP contribution is -2.27. The summed E-state index contributed by atoms with van der Waals surface area (Å²) in [6, 6.07) is 2.18. The fourth-order valence-corrected chi connectivity index (χ4v) is 2.44. The number of rotatable bonds is 6. The molecule has 0 aliphatic heterocycles. The molecule has 2 N–H and O–H groups in total. The fourth-order valence-electron chi connectivity index (χ4n) is 1.76. The van der Waals surface area contributed by atoms with Crippen molar-refractivity contribution < 1.29 is 4.74 Å². The molecular weight excluding hydrogens is 206 g/mol. The van der Waals surface area contributed by atoms with Crippen LogP contribution in [0.3, 0.4) is 0 Å². The highest BCUT2D eigenvalue weighted by molar-refractivity contribution is 7.07. The van der Waals surface area contributed by atoms with Gasteiger partial charge in [-0.1, -0.05) is 12.8 Å². The maximum Gasteiger partial charge on any atom is 0.0980 e. The van der Waals surface area contributed by atoms with Crippen LogP contribution in [0.15, 0.2) is 16.8 Å². The molecule has 0 spiro atoms. The van der Waals surface area contributed by atoms with Crippen molar-refractivity contribution in [3.05, 3.63) is 22.4 Å². The minimum atomic E-state index is 0.0683. The molecule has 1 aliphatic carbocycles. The predicted molar refractivity (Wildman–Crippen MR) is 64.0 cm³/mol. The Morgan fingerprint density at radius 1 is 1.60 bits per heavy atom. The summed E-state index contributed by atoms with van der Waals surface area (Å²) >= 11 is 1.70. The molecule has 2 nitrogen and oxygen atoms in total. The van der Waals surface area contributed by atoms with E-state index >= 15 is 0 Å². The molecule has 3 heteroatoms. The van der Waals surface area contributed by atoms with E-state index in [9.17, 15) is 0 Å². The van der Waals surface area contributed by atoms with Crippen LogP contribution in [0.1, 0.15) is 37.9 Å². The SMILES string of the molecule is CC(N)C(OCCC1CC1)c1ccsc1. The number of hydrogen-bond donors (Lipinski definition) is 1. The molecule has 0 aromatic carbocycles. The topological polar surface area (TPSA) is 35.2 Å². The number of hydrogen-bond acceptors (Lipinski definition) is 3. The summed E-state index contributed by atoms with van der Waals surface area (Å²) in [7, 11) is 0. The van der Waals surface area contributed by atoms with E-state index in [1.165, 1.54) is 24.8 Å². The first-order chi connectivity index (χ1) is 7.27. The molecule has 15 heavy (non-hydrogen) atoms. The summed E-state index contributed by atoms with van der Waals surface area (Å²) in [4.78, 5) is 0. The minimum absolute atomic E-state index is 0.0683. The molecule has 2 atom stereocenters. The Balaban J connectivity index is 1.82. The lowest BCUT2D eigenvalue weighted by Gasteiger charge is -2.20. The molecule has 84 valence electrons. The standard InChI is InChI=1S/C12H19NOS/c1-9(13)12(11-5-7-15-8-11)14-6-4-10-2-3-10/h5,7-10,12H,2-4,6,13H2,1H3. The lowest BCUT2D eigenvalue weighted by atomic mass is 10.1. The number of thiophene rings is 1. The number of ether oxygens (including phenoxy) is 1. The zero-order valence-electron chi connectivity index (χ0n) is 9.19. The van der Waals surface area contributed by atoms with Gasteiger partial charge in [-0.25, -0.2) is 0 Å². The van der Waals surface area contributed by atoms with Gasteiger partial charge >= 0.3 is 0 Å². The maximum absolute atomic E-state index is 5.94. The number of nitrogens with two attached hydrogens (primary N) is 1. The largest absolute Gasteiger partial charge is 0.372 e. The van der Waals surface area contributed by atoms with Crippen LogP contribution in [-0.4, -0.2) is 12.6 Å². The van der Waals surface area contributed by atoms with Crippen LogP contribution in [-0.2, 0) is 4.74 Å². The van der Waals surface area contributed by atoms with Crippen LogP contribution in [0.25, 0.3) is 0 Å². The van der Waals surface area contributed by atoms with E-state index in [-0.39, 0.29) is 12.1 Å². The molecule has 0 bridgehead atoms. The van der Waals surface area contributed by atoms with Gasteiger partial charge in [0.2, 0.25) is 0 Å². The summed E-state index contributed by atoms with van der Waals surface area (Å²) < 4.78 is 5.88. The average molecular weight is 225 g/mol. The van der Waals surface area contributed by atoms with E-state index in [0.29, 0.717) is 0 Å². The van der Waals surface area contributed by atoms with Gasteiger partial charge in [-0.05, 0) is 41.7 Å². The van der Waals surface area contributed by atoms with Crippen LogP contribution < -0.4 is 5.73 Å². The Labute approximate surface area is 95.4 Å². The molecule has 0 saturated heterocycles. The maximum atomic E-state index is 5.94. The van der Waals surface area contributed by atoms with Crippen LogP contribution in [0.5, 0.6) is 0 Å². The molecular formula is C12H19NOS. The first-order valence-corrected chi connectivity index (χ1v) is 6.61. The van der Waals surface area contributed by atoms with E-state index in [0.717, 1.165) is 12.5 Å². The second-order valence-electron chi connectivity index (χ2n) is 4.44. The molecule has 2 unspecified atom stereocenters. The van der Waals surface area contributed by atoms with E-state index in [1.54, 1.807) is 11.3 Å². The highest BCUT2D eigenvalue weighted by Gasteiger charge is 2.22. The molecule has 0 radical (unpaired) electrons. The van der Waals surface area contributed by atoms with Crippen molar-refractivity contribution in [1.82, 2.24) is 0 Å².